The zero-order chi connectivity index (χ0) is 14.9. The Morgan fingerprint density at radius 3 is 3.05 bits per heavy atom. The topological polar surface area (TPSA) is 43.4 Å². The summed E-state index contributed by atoms with van der Waals surface area (Å²) >= 11 is 0. The molecule has 2 aliphatic rings. The van der Waals surface area contributed by atoms with Crippen LogP contribution in [0, 0.1) is 5.92 Å². The average Bonchev–Trinajstić information content (AvgIpc) is 3.05. The van der Waals surface area contributed by atoms with Crippen molar-refractivity contribution in [1.82, 2.24) is 14.7 Å². The van der Waals surface area contributed by atoms with Crippen molar-refractivity contribution < 1.29 is 9.15 Å². The normalized spacial score (nSPS) is 22.0. The van der Waals surface area contributed by atoms with E-state index in [-0.39, 0.29) is 6.04 Å². The van der Waals surface area contributed by atoms with Crippen LogP contribution in [0.2, 0.25) is 0 Å². The summed E-state index contributed by atoms with van der Waals surface area (Å²) in [5.41, 5.74) is 3.90. The summed E-state index contributed by atoms with van der Waals surface area (Å²) in [6.07, 6.45) is 9.31. The van der Waals surface area contributed by atoms with Crippen molar-refractivity contribution in [3.63, 3.8) is 0 Å². The van der Waals surface area contributed by atoms with Crippen LogP contribution in [-0.4, -0.2) is 34.4 Å². The number of aryl methyl sites for hydroxylation is 1. The Labute approximate surface area is 130 Å². The maximum atomic E-state index is 6.02. The lowest BCUT2D eigenvalue weighted by molar-refractivity contribution is 0.0412. The minimum absolute atomic E-state index is 0.282. The fraction of sp³-hybridized carbons (Fsp3) is 0.588. The molecule has 118 valence electrons. The second-order valence-electron chi connectivity index (χ2n) is 6.53. The Hall–Kier alpha value is -1.59. The summed E-state index contributed by atoms with van der Waals surface area (Å²) in [5, 5.41) is 4.45. The number of furan rings is 1. The van der Waals surface area contributed by atoms with Crippen LogP contribution >= 0.6 is 0 Å². The molecule has 0 bridgehead atoms. The van der Waals surface area contributed by atoms with Gasteiger partial charge in [0.2, 0.25) is 0 Å². The first-order valence-corrected chi connectivity index (χ1v) is 8.15. The molecular weight excluding hydrogens is 278 g/mol. The van der Waals surface area contributed by atoms with E-state index in [0.717, 1.165) is 38.6 Å². The maximum absolute atomic E-state index is 6.02. The highest BCUT2D eigenvalue weighted by molar-refractivity contribution is 5.25. The summed E-state index contributed by atoms with van der Waals surface area (Å²) in [6, 6.07) is 2.32. The molecule has 0 N–H and O–H groups in total. The molecule has 0 amide bonds. The highest BCUT2D eigenvalue weighted by Gasteiger charge is 2.31. The molecule has 0 saturated heterocycles. The monoisotopic (exact) mass is 301 g/mol. The molecule has 1 aliphatic carbocycles. The molecule has 5 nitrogen and oxygen atoms in total. The lowest BCUT2D eigenvalue weighted by Gasteiger charge is -2.35. The Balaban J connectivity index is 1.52. The van der Waals surface area contributed by atoms with Crippen LogP contribution in [0.15, 0.2) is 29.2 Å². The predicted molar refractivity (Wildman–Crippen MR) is 82.3 cm³/mol. The molecule has 2 aromatic rings. The molecule has 3 heterocycles. The first-order valence-electron chi connectivity index (χ1n) is 8.15. The van der Waals surface area contributed by atoms with Gasteiger partial charge >= 0.3 is 0 Å². The van der Waals surface area contributed by atoms with Crippen LogP contribution in [0.3, 0.4) is 0 Å². The standard InChI is InChI=1S/C17H23N3O2/c1-19-17-15(8-18-19)4-6-20(9-14-5-7-21-11-14)16(17)12-22-10-13-2-3-13/h5,7-8,11,13,16H,2-4,6,9-10,12H2,1H3/t16-/m1/s1. The SMILES string of the molecule is Cn1ncc2c1[C@@H](COCC1CC1)N(Cc1ccoc1)CC2. The second kappa shape index (κ2) is 5.89. The van der Waals surface area contributed by atoms with Gasteiger partial charge in [0.1, 0.15) is 0 Å². The Bertz CT molecular complexity index is 616. The molecule has 1 atom stereocenters. The number of aromatic nitrogens is 2. The molecule has 4 rings (SSSR count). The van der Waals surface area contributed by atoms with Gasteiger partial charge in [-0.25, -0.2) is 0 Å². The predicted octanol–water partition coefficient (Wildman–Crippen LogP) is 2.54. The molecule has 5 heteroatoms. The third-order valence-corrected chi connectivity index (χ3v) is 4.78. The van der Waals surface area contributed by atoms with Gasteiger partial charge < -0.3 is 9.15 Å². The van der Waals surface area contributed by atoms with Gasteiger partial charge in [0.25, 0.3) is 0 Å². The molecular formula is C17H23N3O2. The van der Waals surface area contributed by atoms with Gasteiger partial charge in [0, 0.05) is 32.3 Å². The molecule has 0 spiro atoms. The zero-order valence-electron chi connectivity index (χ0n) is 13.1. The van der Waals surface area contributed by atoms with Gasteiger partial charge in [-0.2, -0.15) is 5.10 Å². The maximum Gasteiger partial charge on any atom is 0.0947 e. The Morgan fingerprint density at radius 2 is 2.27 bits per heavy atom. The molecule has 2 aromatic heterocycles. The Morgan fingerprint density at radius 1 is 1.36 bits per heavy atom. The number of ether oxygens (including phenoxy) is 1. The van der Waals surface area contributed by atoms with E-state index < -0.39 is 0 Å². The summed E-state index contributed by atoms with van der Waals surface area (Å²) < 4.78 is 13.3. The first kappa shape index (κ1) is 14.0. The molecule has 1 aliphatic heterocycles. The number of hydrogen-bond donors (Lipinski definition) is 0. The quantitative estimate of drug-likeness (QED) is 0.822. The van der Waals surface area contributed by atoms with E-state index in [2.05, 4.69) is 10.00 Å². The Kier molecular flexibility index (Phi) is 3.76. The molecule has 22 heavy (non-hydrogen) atoms. The molecule has 1 saturated carbocycles. The van der Waals surface area contributed by atoms with E-state index in [4.69, 9.17) is 9.15 Å². The van der Waals surface area contributed by atoms with E-state index in [1.165, 1.54) is 29.7 Å². The van der Waals surface area contributed by atoms with Crippen molar-refractivity contribution in [1.29, 1.82) is 0 Å². The van der Waals surface area contributed by atoms with Gasteiger partial charge in [-0.1, -0.05) is 0 Å². The third kappa shape index (κ3) is 2.83. The summed E-state index contributed by atoms with van der Waals surface area (Å²) in [4.78, 5) is 2.49. The van der Waals surface area contributed by atoms with Crippen molar-refractivity contribution in [2.45, 2.75) is 31.8 Å². The smallest absolute Gasteiger partial charge is 0.0947 e. The van der Waals surface area contributed by atoms with Crippen molar-refractivity contribution in [3.8, 4) is 0 Å². The highest BCUT2D eigenvalue weighted by atomic mass is 16.5. The minimum atomic E-state index is 0.282. The van der Waals surface area contributed by atoms with E-state index >= 15 is 0 Å². The molecule has 0 unspecified atom stereocenters. The molecule has 0 radical (unpaired) electrons. The number of nitrogens with zero attached hydrogens (tertiary/aromatic N) is 3. The van der Waals surface area contributed by atoms with Crippen LogP contribution in [0.4, 0.5) is 0 Å². The number of hydrogen-bond acceptors (Lipinski definition) is 4. The largest absolute Gasteiger partial charge is 0.472 e. The van der Waals surface area contributed by atoms with Crippen molar-refractivity contribution >= 4 is 0 Å². The highest BCUT2D eigenvalue weighted by Crippen LogP contribution is 2.33. The van der Waals surface area contributed by atoms with Gasteiger partial charge in [-0.15, -0.1) is 0 Å². The summed E-state index contributed by atoms with van der Waals surface area (Å²) in [6.45, 7) is 3.60. The van der Waals surface area contributed by atoms with Gasteiger partial charge in [0.05, 0.1) is 37.1 Å². The van der Waals surface area contributed by atoms with Gasteiger partial charge in [-0.3, -0.25) is 9.58 Å². The van der Waals surface area contributed by atoms with Crippen LogP contribution in [-0.2, 0) is 24.8 Å². The minimum Gasteiger partial charge on any atom is -0.472 e. The number of fused-ring (bicyclic) bond motifs is 1. The zero-order valence-corrected chi connectivity index (χ0v) is 13.1. The summed E-state index contributed by atoms with van der Waals surface area (Å²) in [5.74, 6) is 0.803. The lowest BCUT2D eigenvalue weighted by atomic mass is 9.99. The van der Waals surface area contributed by atoms with Crippen LogP contribution in [0.25, 0.3) is 0 Å². The fourth-order valence-corrected chi connectivity index (χ4v) is 3.33. The summed E-state index contributed by atoms with van der Waals surface area (Å²) in [7, 11) is 2.04. The fourth-order valence-electron chi connectivity index (χ4n) is 3.33. The van der Waals surface area contributed by atoms with E-state index in [1.54, 1.807) is 6.26 Å². The number of rotatable bonds is 6. The van der Waals surface area contributed by atoms with Crippen molar-refractivity contribution in [2.75, 3.05) is 19.8 Å². The third-order valence-electron chi connectivity index (χ3n) is 4.78. The van der Waals surface area contributed by atoms with Crippen molar-refractivity contribution in [2.24, 2.45) is 13.0 Å². The van der Waals surface area contributed by atoms with Crippen LogP contribution < -0.4 is 0 Å². The van der Waals surface area contributed by atoms with Crippen LogP contribution in [0.5, 0.6) is 0 Å². The van der Waals surface area contributed by atoms with Gasteiger partial charge in [0.15, 0.2) is 0 Å². The van der Waals surface area contributed by atoms with E-state index in [1.807, 2.05) is 30.3 Å². The average molecular weight is 301 g/mol. The van der Waals surface area contributed by atoms with Crippen molar-refractivity contribution in [3.05, 3.63) is 41.6 Å². The molecule has 0 aromatic carbocycles. The second-order valence-corrected chi connectivity index (χ2v) is 6.53. The van der Waals surface area contributed by atoms with Crippen LogP contribution in [0.1, 0.15) is 35.7 Å². The molecule has 1 fully saturated rings. The lowest BCUT2D eigenvalue weighted by Crippen LogP contribution is -2.38. The van der Waals surface area contributed by atoms with Gasteiger partial charge in [-0.05, 0) is 36.8 Å². The van der Waals surface area contributed by atoms with E-state index in [0.29, 0.717) is 0 Å². The first-order chi connectivity index (χ1) is 10.8. The van der Waals surface area contributed by atoms with E-state index in [9.17, 15) is 0 Å².